The monoisotopic (exact) mass is 692 g/mol. The van der Waals surface area contributed by atoms with Gasteiger partial charge in [-0.15, -0.1) is 0 Å². The Morgan fingerprint density at radius 2 is 0.960 bits per heavy atom. The van der Waals surface area contributed by atoms with Gasteiger partial charge in [-0.1, -0.05) is 25.0 Å². The van der Waals surface area contributed by atoms with E-state index in [9.17, 15) is 39.6 Å². The Bertz CT molecular complexity index is 1350. The highest BCUT2D eigenvalue weighted by atomic mass is 16.3. The predicted molar refractivity (Wildman–Crippen MR) is 187 cm³/mol. The molecule has 50 heavy (non-hydrogen) atoms. The van der Waals surface area contributed by atoms with Crippen LogP contribution in [0.15, 0.2) is 23.3 Å². The Balaban J connectivity index is 0.000000157. The van der Waals surface area contributed by atoms with E-state index in [-0.39, 0.29) is 69.8 Å². The minimum absolute atomic E-state index is 0.0647. The minimum atomic E-state index is -0.403. The van der Waals surface area contributed by atoms with Gasteiger partial charge in [0, 0.05) is 48.7 Å². The van der Waals surface area contributed by atoms with Crippen molar-refractivity contribution in [1.82, 2.24) is 0 Å². The summed E-state index contributed by atoms with van der Waals surface area (Å²) in [6, 6.07) is 0. The van der Waals surface area contributed by atoms with Crippen molar-refractivity contribution in [3.63, 3.8) is 0 Å². The zero-order valence-electron chi connectivity index (χ0n) is 30.3. The number of aliphatic hydroxyl groups excluding tert-OH is 4. The second kappa shape index (κ2) is 13.4. The molecule has 0 aliphatic heterocycles. The zero-order valence-corrected chi connectivity index (χ0v) is 30.3. The summed E-state index contributed by atoms with van der Waals surface area (Å²) in [7, 11) is 0. The molecule has 0 heterocycles. The van der Waals surface area contributed by atoms with E-state index in [1.165, 1.54) is 11.1 Å². The maximum absolute atomic E-state index is 12.3. The zero-order chi connectivity index (χ0) is 35.6. The first kappa shape index (κ1) is 36.4. The third-order valence-electron chi connectivity index (χ3n) is 17.0. The van der Waals surface area contributed by atoms with Gasteiger partial charge in [0.15, 0.2) is 23.1 Å². The Hall–Kier alpha value is -2.00. The van der Waals surface area contributed by atoms with Crippen molar-refractivity contribution < 1.29 is 39.6 Å². The third-order valence-corrected chi connectivity index (χ3v) is 17.0. The van der Waals surface area contributed by atoms with Crippen molar-refractivity contribution in [1.29, 1.82) is 0 Å². The quantitative estimate of drug-likeness (QED) is 0.292. The number of fused-ring (bicyclic) bond motifs is 10. The van der Waals surface area contributed by atoms with E-state index >= 15 is 0 Å². The summed E-state index contributed by atoms with van der Waals surface area (Å²) in [5, 5.41) is 39.4. The standard InChI is InChI=1S/2C21H30O4/c2*1-20-8-6-14(24)10-13(20)2-3-15-16(20)7-9-21(12-23)17(15)4-5-18(21)19(25)11-22/h2*10,15-18,22-23H,2-9,11-12H2,1H3/t2*15-,16+,17+,18-,20+,21-/m11/s1. The number of hydrogen-bond acceptors (Lipinski definition) is 8. The van der Waals surface area contributed by atoms with Gasteiger partial charge in [-0.25, -0.2) is 0 Å². The van der Waals surface area contributed by atoms with Gasteiger partial charge in [-0.3, -0.25) is 19.2 Å². The predicted octanol–water partition coefficient (Wildman–Crippen LogP) is 5.34. The molecule has 0 aromatic heterocycles. The van der Waals surface area contributed by atoms with Crippen molar-refractivity contribution in [3.05, 3.63) is 23.3 Å². The van der Waals surface area contributed by atoms with E-state index in [2.05, 4.69) is 13.8 Å². The Kier molecular flexibility index (Phi) is 9.78. The van der Waals surface area contributed by atoms with Gasteiger partial charge in [0.25, 0.3) is 0 Å². The second-order valence-electron chi connectivity index (χ2n) is 18.3. The molecule has 6 saturated carbocycles. The minimum Gasteiger partial charge on any atom is -0.396 e. The summed E-state index contributed by atoms with van der Waals surface area (Å²) < 4.78 is 0. The third kappa shape index (κ3) is 5.35. The van der Waals surface area contributed by atoms with E-state index < -0.39 is 13.2 Å². The molecule has 8 nitrogen and oxygen atoms in total. The molecule has 8 aliphatic rings. The van der Waals surface area contributed by atoms with Crippen LogP contribution in [-0.2, 0) is 19.2 Å². The van der Waals surface area contributed by atoms with Crippen molar-refractivity contribution >= 4 is 23.1 Å². The largest absolute Gasteiger partial charge is 0.396 e. The lowest BCUT2D eigenvalue weighted by atomic mass is 9.46. The normalized spacial score (nSPS) is 46.0. The summed E-state index contributed by atoms with van der Waals surface area (Å²) in [5.41, 5.74) is 2.31. The van der Waals surface area contributed by atoms with E-state index in [1.54, 1.807) is 0 Å². The number of ketones is 4. The second-order valence-corrected chi connectivity index (χ2v) is 18.3. The van der Waals surface area contributed by atoms with Crippen LogP contribution in [0, 0.1) is 69.0 Å². The molecule has 0 spiro atoms. The summed E-state index contributed by atoms with van der Waals surface area (Å²) in [6.45, 7) is 4.02. The van der Waals surface area contributed by atoms with Crippen LogP contribution in [0.25, 0.3) is 0 Å². The molecule has 0 amide bonds. The number of hydrogen-bond donors (Lipinski definition) is 4. The fourth-order valence-corrected chi connectivity index (χ4v) is 14.5. The van der Waals surface area contributed by atoms with Crippen LogP contribution in [0.3, 0.4) is 0 Å². The van der Waals surface area contributed by atoms with E-state index in [4.69, 9.17) is 0 Å². The smallest absolute Gasteiger partial charge is 0.161 e. The average molecular weight is 693 g/mol. The van der Waals surface area contributed by atoms with Crippen molar-refractivity contribution in [2.75, 3.05) is 26.4 Å². The van der Waals surface area contributed by atoms with Crippen LogP contribution < -0.4 is 0 Å². The maximum atomic E-state index is 12.3. The SMILES string of the molecule is C[C@]12CCC(=O)C=C1CC[C@H]1[C@@H]3CC[C@H](C(=O)CO)[C@@]3(CO)CC[C@@H]12.C[C@]12CCC(=O)C=C1CC[C@H]1[C@@H]3CC[C@H](C(=O)CO)[C@@]3(CO)CC[C@@H]12. The molecule has 4 N–H and O–H groups in total. The van der Waals surface area contributed by atoms with Crippen LogP contribution in [0.1, 0.15) is 117 Å². The van der Waals surface area contributed by atoms with Gasteiger partial charge in [0.2, 0.25) is 0 Å². The molecule has 0 radical (unpaired) electrons. The fourth-order valence-electron chi connectivity index (χ4n) is 14.5. The van der Waals surface area contributed by atoms with Gasteiger partial charge in [0.05, 0.1) is 0 Å². The van der Waals surface area contributed by atoms with Crippen LogP contribution in [-0.4, -0.2) is 70.0 Å². The summed E-state index contributed by atoms with van der Waals surface area (Å²) >= 11 is 0. The molecule has 8 heteroatoms. The van der Waals surface area contributed by atoms with Gasteiger partial charge in [-0.05, 0) is 148 Å². The number of rotatable bonds is 6. The molecule has 12 atom stereocenters. The van der Waals surface area contributed by atoms with Crippen molar-refractivity contribution in [3.8, 4) is 0 Å². The lowest BCUT2D eigenvalue weighted by Crippen LogP contribution is -2.53. The van der Waals surface area contributed by atoms with Crippen LogP contribution in [0.5, 0.6) is 0 Å². The van der Waals surface area contributed by atoms with Crippen LogP contribution in [0.4, 0.5) is 0 Å². The van der Waals surface area contributed by atoms with E-state index in [1.807, 2.05) is 12.2 Å². The first-order valence-corrected chi connectivity index (χ1v) is 19.9. The molecular formula is C42H60O8. The van der Waals surface area contributed by atoms with Gasteiger partial charge in [-0.2, -0.15) is 0 Å². The highest BCUT2D eigenvalue weighted by molar-refractivity contribution is 5.92. The molecule has 8 aliphatic carbocycles. The van der Waals surface area contributed by atoms with Gasteiger partial charge >= 0.3 is 0 Å². The number of carbonyl (C=O) groups excluding carboxylic acids is 4. The van der Waals surface area contributed by atoms with Gasteiger partial charge in [0.1, 0.15) is 13.2 Å². The highest BCUT2D eigenvalue weighted by Crippen LogP contribution is 2.68. The molecule has 8 rings (SSSR count). The number of Topliss-reactive ketones (excluding diaryl/α,β-unsaturated/α-hetero) is 2. The topological polar surface area (TPSA) is 149 Å². The fraction of sp³-hybridized carbons (Fsp3) is 0.810. The van der Waals surface area contributed by atoms with Crippen LogP contribution >= 0.6 is 0 Å². The van der Waals surface area contributed by atoms with Gasteiger partial charge < -0.3 is 20.4 Å². The molecule has 6 fully saturated rings. The number of aliphatic hydroxyl groups is 4. The summed E-state index contributed by atoms with van der Waals surface area (Å²) in [6.07, 6.45) is 18.6. The van der Waals surface area contributed by atoms with E-state index in [0.29, 0.717) is 48.3 Å². The van der Waals surface area contributed by atoms with E-state index in [0.717, 1.165) is 89.9 Å². The molecule has 276 valence electrons. The molecule has 0 bridgehead atoms. The maximum Gasteiger partial charge on any atom is 0.161 e. The lowest BCUT2D eigenvalue weighted by molar-refractivity contribution is -0.138. The highest BCUT2D eigenvalue weighted by Gasteiger charge is 2.63. The Morgan fingerprint density at radius 1 is 0.560 bits per heavy atom. The van der Waals surface area contributed by atoms with Crippen molar-refractivity contribution in [2.45, 2.75) is 117 Å². The molecule has 0 saturated heterocycles. The molecule has 0 aromatic rings. The summed E-state index contributed by atoms with van der Waals surface area (Å²) in [4.78, 5) is 48.4. The lowest BCUT2D eigenvalue weighted by Gasteiger charge is -2.58. The first-order valence-electron chi connectivity index (χ1n) is 19.9. The number of allylic oxidation sites excluding steroid dienone is 2. The first-order chi connectivity index (χ1) is 23.9. The molecule has 0 unspecified atom stereocenters. The molecular weight excluding hydrogens is 632 g/mol. The van der Waals surface area contributed by atoms with Crippen molar-refractivity contribution in [2.24, 2.45) is 69.0 Å². The average Bonchev–Trinajstić information content (AvgIpc) is 3.72. The Labute approximate surface area is 297 Å². The number of carbonyl (C=O) groups is 4. The Morgan fingerprint density at radius 3 is 1.32 bits per heavy atom. The van der Waals surface area contributed by atoms with Crippen LogP contribution in [0.2, 0.25) is 0 Å². The molecule has 0 aromatic carbocycles. The summed E-state index contributed by atoms with van der Waals surface area (Å²) in [5.74, 6) is 3.00.